The highest BCUT2D eigenvalue weighted by atomic mass is 16.2. The van der Waals surface area contributed by atoms with Crippen LogP contribution in [0.15, 0.2) is 42.7 Å². The van der Waals surface area contributed by atoms with Crippen molar-refractivity contribution in [3.63, 3.8) is 0 Å². The van der Waals surface area contributed by atoms with E-state index in [1.807, 2.05) is 48.0 Å². The van der Waals surface area contributed by atoms with Crippen molar-refractivity contribution in [3.8, 4) is 0 Å². The van der Waals surface area contributed by atoms with E-state index in [9.17, 15) is 4.79 Å². The number of carbonyl (C=O) groups excluding carboxylic acids is 1. The Balaban J connectivity index is 1.83. The van der Waals surface area contributed by atoms with Crippen molar-refractivity contribution < 1.29 is 4.79 Å². The molecule has 0 aliphatic carbocycles. The van der Waals surface area contributed by atoms with Crippen molar-refractivity contribution in [3.05, 3.63) is 54.1 Å². The molecular formula is C14H18N4O. The van der Waals surface area contributed by atoms with Gasteiger partial charge in [-0.05, 0) is 12.5 Å². The highest BCUT2D eigenvalue weighted by molar-refractivity contribution is 5.82. The normalized spacial score (nSPS) is 12.1. The molecule has 0 spiro atoms. The first-order valence-corrected chi connectivity index (χ1v) is 6.24. The maximum absolute atomic E-state index is 11.9. The highest BCUT2D eigenvalue weighted by Gasteiger charge is 2.14. The van der Waals surface area contributed by atoms with Gasteiger partial charge in [0.25, 0.3) is 0 Å². The molecule has 0 fully saturated rings. The van der Waals surface area contributed by atoms with Crippen LogP contribution in [0.1, 0.15) is 17.4 Å². The summed E-state index contributed by atoms with van der Waals surface area (Å²) in [6.45, 7) is 3.16. The monoisotopic (exact) mass is 258 g/mol. The zero-order chi connectivity index (χ0) is 13.7. The van der Waals surface area contributed by atoms with Crippen molar-refractivity contribution in [1.29, 1.82) is 0 Å². The van der Waals surface area contributed by atoms with Crippen LogP contribution in [0.2, 0.25) is 0 Å². The van der Waals surface area contributed by atoms with Crippen LogP contribution in [-0.2, 0) is 11.3 Å². The standard InChI is InChI=1S/C14H18N4O/c1-11-16-7-9-18(11)10-8-17-14(19)13(15)12-5-3-2-4-6-12/h2-7,9,13H,8,10,15H2,1H3,(H,17,19). The van der Waals surface area contributed by atoms with Crippen molar-refractivity contribution in [2.45, 2.75) is 19.5 Å². The molecule has 0 saturated carbocycles. The number of amides is 1. The fourth-order valence-corrected chi connectivity index (χ4v) is 1.86. The Morgan fingerprint density at radius 3 is 2.79 bits per heavy atom. The van der Waals surface area contributed by atoms with Gasteiger partial charge in [-0.15, -0.1) is 0 Å². The summed E-state index contributed by atoms with van der Waals surface area (Å²) < 4.78 is 1.98. The van der Waals surface area contributed by atoms with Gasteiger partial charge in [0, 0.05) is 25.5 Å². The first-order chi connectivity index (χ1) is 9.18. The maximum Gasteiger partial charge on any atom is 0.241 e. The number of hydrogen-bond donors (Lipinski definition) is 2. The SMILES string of the molecule is Cc1nccn1CCNC(=O)C(N)c1ccccc1. The molecule has 19 heavy (non-hydrogen) atoms. The quantitative estimate of drug-likeness (QED) is 0.840. The average Bonchev–Trinajstić information content (AvgIpc) is 2.84. The molecule has 3 N–H and O–H groups in total. The van der Waals surface area contributed by atoms with E-state index in [1.165, 1.54) is 0 Å². The van der Waals surface area contributed by atoms with Gasteiger partial charge in [0.15, 0.2) is 0 Å². The fourth-order valence-electron chi connectivity index (χ4n) is 1.86. The van der Waals surface area contributed by atoms with Crippen molar-refractivity contribution in [2.24, 2.45) is 5.73 Å². The lowest BCUT2D eigenvalue weighted by Gasteiger charge is -2.13. The van der Waals surface area contributed by atoms with Crippen LogP contribution in [0, 0.1) is 6.92 Å². The summed E-state index contributed by atoms with van der Waals surface area (Å²) in [5.41, 5.74) is 6.72. The van der Waals surface area contributed by atoms with Crippen LogP contribution in [0.3, 0.4) is 0 Å². The van der Waals surface area contributed by atoms with Crippen LogP contribution in [0.5, 0.6) is 0 Å². The average molecular weight is 258 g/mol. The number of nitrogens with one attached hydrogen (secondary N) is 1. The number of imidazole rings is 1. The van der Waals surface area contributed by atoms with E-state index in [1.54, 1.807) is 6.20 Å². The molecule has 1 aromatic heterocycles. The summed E-state index contributed by atoms with van der Waals surface area (Å²) in [7, 11) is 0. The summed E-state index contributed by atoms with van der Waals surface area (Å²) in [6.07, 6.45) is 3.63. The van der Waals surface area contributed by atoms with Gasteiger partial charge in [0.1, 0.15) is 11.9 Å². The third-order valence-corrected chi connectivity index (χ3v) is 3.02. The Morgan fingerprint density at radius 2 is 2.16 bits per heavy atom. The minimum atomic E-state index is -0.620. The second-order valence-corrected chi connectivity index (χ2v) is 4.35. The zero-order valence-electron chi connectivity index (χ0n) is 10.9. The number of nitrogens with zero attached hydrogens (tertiary/aromatic N) is 2. The van der Waals surface area contributed by atoms with Crippen LogP contribution in [-0.4, -0.2) is 22.0 Å². The molecule has 1 atom stereocenters. The number of hydrogen-bond acceptors (Lipinski definition) is 3. The summed E-state index contributed by atoms with van der Waals surface area (Å²) in [4.78, 5) is 16.0. The minimum Gasteiger partial charge on any atom is -0.353 e. The number of carbonyl (C=O) groups is 1. The molecular weight excluding hydrogens is 240 g/mol. The first kappa shape index (κ1) is 13.3. The zero-order valence-corrected chi connectivity index (χ0v) is 10.9. The Kier molecular flexibility index (Phi) is 4.30. The lowest BCUT2D eigenvalue weighted by atomic mass is 10.1. The molecule has 5 heteroatoms. The van der Waals surface area contributed by atoms with Gasteiger partial charge in [-0.1, -0.05) is 30.3 Å². The predicted octanol–water partition coefficient (Wildman–Crippen LogP) is 1.01. The predicted molar refractivity (Wildman–Crippen MR) is 73.3 cm³/mol. The van der Waals surface area contributed by atoms with Crippen molar-refractivity contribution in [1.82, 2.24) is 14.9 Å². The van der Waals surface area contributed by atoms with Crippen molar-refractivity contribution in [2.75, 3.05) is 6.54 Å². The van der Waals surface area contributed by atoms with Gasteiger partial charge in [0.2, 0.25) is 5.91 Å². The molecule has 0 saturated heterocycles. The molecule has 0 aliphatic heterocycles. The van der Waals surface area contributed by atoms with Crippen molar-refractivity contribution >= 4 is 5.91 Å². The molecule has 100 valence electrons. The summed E-state index contributed by atoms with van der Waals surface area (Å²) in [6, 6.07) is 8.73. The largest absolute Gasteiger partial charge is 0.353 e. The number of nitrogens with two attached hydrogens (primary N) is 1. The van der Waals surface area contributed by atoms with Gasteiger partial charge in [-0.2, -0.15) is 0 Å². The van der Waals surface area contributed by atoms with Gasteiger partial charge in [-0.3, -0.25) is 4.79 Å². The number of benzene rings is 1. The molecule has 0 aliphatic rings. The second-order valence-electron chi connectivity index (χ2n) is 4.35. The fraction of sp³-hybridized carbons (Fsp3) is 0.286. The minimum absolute atomic E-state index is 0.163. The molecule has 1 unspecified atom stereocenters. The Bertz CT molecular complexity index is 535. The topological polar surface area (TPSA) is 72.9 Å². The van der Waals surface area contributed by atoms with E-state index < -0.39 is 6.04 Å². The summed E-state index contributed by atoms with van der Waals surface area (Å²) in [5.74, 6) is 0.769. The van der Waals surface area contributed by atoms with Gasteiger partial charge >= 0.3 is 0 Å². The Labute approximate surface area is 112 Å². The second kappa shape index (κ2) is 6.15. The number of aromatic nitrogens is 2. The maximum atomic E-state index is 11.9. The highest BCUT2D eigenvalue weighted by Crippen LogP contribution is 2.08. The van der Waals surface area contributed by atoms with Gasteiger partial charge in [0.05, 0.1) is 0 Å². The van der Waals surface area contributed by atoms with E-state index in [4.69, 9.17) is 5.73 Å². The molecule has 1 amide bonds. The molecule has 5 nitrogen and oxygen atoms in total. The lowest BCUT2D eigenvalue weighted by molar-refractivity contribution is -0.122. The van der Waals surface area contributed by atoms with Crippen LogP contribution < -0.4 is 11.1 Å². The summed E-state index contributed by atoms with van der Waals surface area (Å²) in [5, 5.41) is 2.83. The van der Waals surface area contributed by atoms with Gasteiger partial charge in [-0.25, -0.2) is 4.98 Å². The summed E-state index contributed by atoms with van der Waals surface area (Å²) >= 11 is 0. The van der Waals surface area contributed by atoms with Gasteiger partial charge < -0.3 is 15.6 Å². The Hall–Kier alpha value is -2.14. The molecule has 2 rings (SSSR count). The third kappa shape index (κ3) is 3.42. The molecule has 0 bridgehead atoms. The van der Waals surface area contributed by atoms with E-state index in [-0.39, 0.29) is 5.91 Å². The van der Waals surface area contributed by atoms with E-state index in [0.29, 0.717) is 13.1 Å². The smallest absolute Gasteiger partial charge is 0.241 e. The van der Waals surface area contributed by atoms with Crippen LogP contribution in [0.25, 0.3) is 0 Å². The molecule has 1 heterocycles. The lowest BCUT2D eigenvalue weighted by Crippen LogP contribution is -2.35. The molecule has 0 radical (unpaired) electrons. The molecule has 2 aromatic rings. The number of rotatable bonds is 5. The molecule has 1 aromatic carbocycles. The Morgan fingerprint density at radius 1 is 1.42 bits per heavy atom. The van der Waals surface area contributed by atoms with E-state index in [0.717, 1.165) is 11.4 Å². The third-order valence-electron chi connectivity index (χ3n) is 3.02. The van der Waals surface area contributed by atoms with E-state index in [2.05, 4.69) is 10.3 Å². The number of aryl methyl sites for hydroxylation is 1. The first-order valence-electron chi connectivity index (χ1n) is 6.24. The van der Waals surface area contributed by atoms with Crippen LogP contribution >= 0.6 is 0 Å². The van der Waals surface area contributed by atoms with Crippen LogP contribution in [0.4, 0.5) is 0 Å². The van der Waals surface area contributed by atoms with E-state index >= 15 is 0 Å².